The van der Waals surface area contributed by atoms with Crippen LogP contribution in [0.15, 0.2) is 12.1 Å². The van der Waals surface area contributed by atoms with E-state index in [-0.39, 0.29) is 11.5 Å². The Bertz CT molecular complexity index is 492. The van der Waals surface area contributed by atoms with Crippen molar-refractivity contribution in [2.75, 3.05) is 32.0 Å². The lowest BCUT2D eigenvalue weighted by molar-refractivity contribution is 0.00728. The first-order valence-electron chi connectivity index (χ1n) is 8.02. The Hall–Kier alpha value is -1.13. The molecule has 3 rings (SSSR count). The van der Waals surface area contributed by atoms with Crippen molar-refractivity contribution in [2.45, 2.75) is 44.6 Å². The summed E-state index contributed by atoms with van der Waals surface area (Å²) in [6.07, 6.45) is 4.70. The van der Waals surface area contributed by atoms with Crippen molar-refractivity contribution in [2.24, 2.45) is 0 Å². The van der Waals surface area contributed by atoms with E-state index in [9.17, 15) is 4.39 Å². The maximum Gasteiger partial charge on any atom is 0.146 e. The van der Waals surface area contributed by atoms with Gasteiger partial charge >= 0.3 is 0 Å². The van der Waals surface area contributed by atoms with Crippen LogP contribution in [0.25, 0.3) is 0 Å². The quantitative estimate of drug-likeness (QED) is 0.851. The molecule has 0 atom stereocenters. The number of nitrogens with zero attached hydrogens (tertiary/aromatic N) is 1. The molecule has 1 aromatic carbocycles. The van der Waals surface area contributed by atoms with Gasteiger partial charge in [-0.05, 0) is 61.8 Å². The van der Waals surface area contributed by atoms with Gasteiger partial charge in [0.2, 0.25) is 0 Å². The summed E-state index contributed by atoms with van der Waals surface area (Å²) in [5, 5.41) is 0. The Labute approximate surface area is 126 Å². The molecule has 1 heterocycles. The Morgan fingerprint density at radius 2 is 1.81 bits per heavy atom. The lowest BCUT2D eigenvalue weighted by Gasteiger charge is -2.39. The van der Waals surface area contributed by atoms with E-state index in [1.165, 1.54) is 12.8 Å². The maximum atomic E-state index is 13.7. The minimum absolute atomic E-state index is 0.262. The zero-order valence-corrected chi connectivity index (χ0v) is 12.8. The SMILES string of the molecule is Cc1cc(N)c(F)cc1[C@H]1CC[C@H](N2CCOCC2)CC1. The van der Waals surface area contributed by atoms with Crippen LogP contribution in [0.1, 0.15) is 42.7 Å². The second-order valence-electron chi connectivity index (χ2n) is 6.38. The third-order valence-corrected chi connectivity index (χ3v) is 5.08. The normalized spacial score (nSPS) is 27.7. The molecule has 21 heavy (non-hydrogen) atoms. The van der Waals surface area contributed by atoms with Crippen LogP contribution in [-0.4, -0.2) is 37.2 Å². The second kappa shape index (κ2) is 6.32. The van der Waals surface area contributed by atoms with E-state index < -0.39 is 0 Å². The highest BCUT2D eigenvalue weighted by Crippen LogP contribution is 2.37. The molecule has 0 amide bonds. The fraction of sp³-hybridized carbons (Fsp3) is 0.647. The summed E-state index contributed by atoms with van der Waals surface area (Å²) < 4.78 is 19.2. The van der Waals surface area contributed by atoms with E-state index in [2.05, 4.69) is 4.90 Å². The molecule has 0 radical (unpaired) electrons. The number of aryl methyl sites for hydroxylation is 1. The molecule has 4 heteroatoms. The molecule has 0 bridgehead atoms. The fourth-order valence-corrected chi connectivity index (χ4v) is 3.85. The molecule has 1 saturated heterocycles. The number of ether oxygens (including phenoxy) is 1. The number of benzene rings is 1. The minimum Gasteiger partial charge on any atom is -0.396 e. The van der Waals surface area contributed by atoms with Crippen molar-refractivity contribution >= 4 is 5.69 Å². The largest absolute Gasteiger partial charge is 0.396 e. The number of nitrogens with two attached hydrogens (primary N) is 1. The predicted molar refractivity (Wildman–Crippen MR) is 82.9 cm³/mol. The first kappa shape index (κ1) is 14.8. The topological polar surface area (TPSA) is 38.5 Å². The van der Waals surface area contributed by atoms with Crippen LogP contribution in [0.3, 0.4) is 0 Å². The van der Waals surface area contributed by atoms with Gasteiger partial charge in [-0.1, -0.05) is 0 Å². The van der Waals surface area contributed by atoms with Crippen molar-refractivity contribution in [3.05, 3.63) is 29.1 Å². The van der Waals surface area contributed by atoms with Gasteiger partial charge < -0.3 is 10.5 Å². The molecule has 1 saturated carbocycles. The second-order valence-corrected chi connectivity index (χ2v) is 6.38. The van der Waals surface area contributed by atoms with Gasteiger partial charge in [0, 0.05) is 19.1 Å². The van der Waals surface area contributed by atoms with Crippen molar-refractivity contribution < 1.29 is 9.13 Å². The fourth-order valence-electron chi connectivity index (χ4n) is 3.85. The number of hydrogen-bond donors (Lipinski definition) is 1. The van der Waals surface area contributed by atoms with Crippen LogP contribution < -0.4 is 5.73 Å². The number of hydrogen-bond acceptors (Lipinski definition) is 3. The van der Waals surface area contributed by atoms with Crippen molar-refractivity contribution in [1.29, 1.82) is 0 Å². The number of anilines is 1. The van der Waals surface area contributed by atoms with Crippen LogP contribution in [-0.2, 0) is 4.74 Å². The molecule has 1 aliphatic heterocycles. The molecule has 2 fully saturated rings. The Kier molecular flexibility index (Phi) is 4.45. The summed E-state index contributed by atoms with van der Waals surface area (Å²) in [7, 11) is 0. The highest BCUT2D eigenvalue weighted by molar-refractivity contribution is 5.47. The zero-order chi connectivity index (χ0) is 14.8. The van der Waals surface area contributed by atoms with Crippen molar-refractivity contribution in [3.63, 3.8) is 0 Å². The van der Waals surface area contributed by atoms with Crippen LogP contribution in [0.5, 0.6) is 0 Å². The van der Waals surface area contributed by atoms with Gasteiger partial charge in [0.1, 0.15) is 5.82 Å². The van der Waals surface area contributed by atoms with E-state index in [4.69, 9.17) is 10.5 Å². The zero-order valence-electron chi connectivity index (χ0n) is 12.8. The molecule has 3 nitrogen and oxygen atoms in total. The number of nitrogen functional groups attached to an aromatic ring is 1. The van der Waals surface area contributed by atoms with Crippen LogP contribution in [0, 0.1) is 12.7 Å². The van der Waals surface area contributed by atoms with Gasteiger partial charge in [0.25, 0.3) is 0 Å². The highest BCUT2D eigenvalue weighted by Gasteiger charge is 2.28. The average molecular weight is 292 g/mol. The molecule has 1 aliphatic carbocycles. The predicted octanol–water partition coefficient (Wildman–Crippen LogP) is 3.07. The van der Waals surface area contributed by atoms with Gasteiger partial charge in [0.15, 0.2) is 0 Å². The standard InChI is InChI=1S/C17H25FN2O/c1-12-10-17(19)16(18)11-15(12)13-2-4-14(5-3-13)20-6-8-21-9-7-20/h10-11,13-14H,2-9,19H2,1H3/t13-,14-. The summed E-state index contributed by atoms with van der Waals surface area (Å²) in [4.78, 5) is 2.57. The van der Waals surface area contributed by atoms with Crippen LogP contribution >= 0.6 is 0 Å². The smallest absolute Gasteiger partial charge is 0.146 e. The third kappa shape index (κ3) is 3.22. The number of morpholine rings is 1. The first-order valence-corrected chi connectivity index (χ1v) is 8.02. The summed E-state index contributed by atoms with van der Waals surface area (Å²) in [5.74, 6) is 0.211. The molecule has 0 unspecified atom stereocenters. The van der Waals surface area contributed by atoms with Crippen LogP contribution in [0.2, 0.25) is 0 Å². The van der Waals surface area contributed by atoms with Gasteiger partial charge in [-0.2, -0.15) is 0 Å². The Morgan fingerprint density at radius 1 is 1.14 bits per heavy atom. The lowest BCUT2D eigenvalue weighted by Crippen LogP contribution is -2.44. The molecular weight excluding hydrogens is 267 g/mol. The maximum absolute atomic E-state index is 13.7. The monoisotopic (exact) mass is 292 g/mol. The molecule has 0 aromatic heterocycles. The van der Waals surface area contributed by atoms with Gasteiger partial charge in [-0.15, -0.1) is 0 Å². The van der Waals surface area contributed by atoms with E-state index in [0.29, 0.717) is 12.0 Å². The average Bonchev–Trinajstić information content (AvgIpc) is 2.52. The van der Waals surface area contributed by atoms with Crippen molar-refractivity contribution in [1.82, 2.24) is 4.90 Å². The molecule has 1 aromatic rings. The highest BCUT2D eigenvalue weighted by atomic mass is 19.1. The van der Waals surface area contributed by atoms with Crippen LogP contribution in [0.4, 0.5) is 10.1 Å². The number of rotatable bonds is 2. The first-order chi connectivity index (χ1) is 10.1. The lowest BCUT2D eigenvalue weighted by atomic mass is 9.79. The Balaban J connectivity index is 1.64. The number of halogens is 1. The Morgan fingerprint density at radius 3 is 2.48 bits per heavy atom. The van der Waals surface area contributed by atoms with E-state index in [0.717, 1.165) is 50.3 Å². The third-order valence-electron chi connectivity index (χ3n) is 5.08. The molecule has 116 valence electrons. The summed E-state index contributed by atoms with van der Waals surface area (Å²) in [6.45, 7) is 5.89. The molecular formula is C17H25FN2O. The summed E-state index contributed by atoms with van der Waals surface area (Å²) in [5.41, 5.74) is 8.19. The van der Waals surface area contributed by atoms with E-state index in [1.54, 1.807) is 12.1 Å². The summed E-state index contributed by atoms with van der Waals surface area (Å²) >= 11 is 0. The van der Waals surface area contributed by atoms with E-state index in [1.807, 2.05) is 6.92 Å². The van der Waals surface area contributed by atoms with Crippen molar-refractivity contribution in [3.8, 4) is 0 Å². The molecule has 2 N–H and O–H groups in total. The van der Waals surface area contributed by atoms with Gasteiger partial charge in [-0.3, -0.25) is 4.90 Å². The molecule has 0 spiro atoms. The van der Waals surface area contributed by atoms with Gasteiger partial charge in [-0.25, -0.2) is 4.39 Å². The molecule has 2 aliphatic rings. The summed E-state index contributed by atoms with van der Waals surface area (Å²) in [6, 6.07) is 4.12. The minimum atomic E-state index is -0.272. The van der Waals surface area contributed by atoms with Gasteiger partial charge in [0.05, 0.1) is 18.9 Å². The van der Waals surface area contributed by atoms with E-state index >= 15 is 0 Å².